The second-order valence-corrected chi connectivity index (χ2v) is 7.08. The zero-order valence-electron chi connectivity index (χ0n) is 11.8. The van der Waals surface area contributed by atoms with Crippen LogP contribution in [0.25, 0.3) is 0 Å². The van der Waals surface area contributed by atoms with Crippen molar-refractivity contribution < 1.29 is 18.3 Å². The van der Waals surface area contributed by atoms with E-state index in [2.05, 4.69) is 21.6 Å². The van der Waals surface area contributed by atoms with Gasteiger partial charge in [0.1, 0.15) is 6.04 Å². The number of carboxylic acids is 1. The maximum Gasteiger partial charge on any atom is 0.322 e. The summed E-state index contributed by atoms with van der Waals surface area (Å²) in [4.78, 5) is 17.8. The van der Waals surface area contributed by atoms with Crippen molar-refractivity contribution in [2.75, 3.05) is 13.1 Å². The highest BCUT2D eigenvalue weighted by Crippen LogP contribution is 2.18. The lowest BCUT2D eigenvalue weighted by atomic mass is 10.0. The third-order valence-corrected chi connectivity index (χ3v) is 5.28. The molecule has 1 aliphatic rings. The van der Waals surface area contributed by atoms with E-state index in [4.69, 9.17) is 0 Å². The number of carbonyl (C=O) groups is 1. The van der Waals surface area contributed by atoms with Crippen LogP contribution in [-0.2, 0) is 21.4 Å². The number of aliphatic carboxylic acids is 1. The number of carboxylic acid groups (broad SMARTS) is 1. The third-order valence-electron chi connectivity index (χ3n) is 3.65. The van der Waals surface area contributed by atoms with E-state index in [-0.39, 0.29) is 6.42 Å². The Kier molecular flexibility index (Phi) is 4.96. The second kappa shape index (κ2) is 6.54. The number of H-pyrrole nitrogens is 1. The highest BCUT2D eigenvalue weighted by Gasteiger charge is 2.31. The Morgan fingerprint density at radius 2 is 2.24 bits per heavy atom. The first-order valence-corrected chi connectivity index (χ1v) is 8.30. The van der Waals surface area contributed by atoms with E-state index >= 15 is 0 Å². The molecule has 118 valence electrons. The molecule has 1 aliphatic heterocycles. The molecular weight excluding hydrogens is 296 g/mol. The molecule has 0 aromatic carbocycles. The molecule has 1 aromatic heterocycles. The smallest absolute Gasteiger partial charge is 0.322 e. The predicted octanol–water partition coefficient (Wildman–Crippen LogP) is -0.0283. The Balaban J connectivity index is 2.03. The average molecular weight is 316 g/mol. The molecule has 0 radical (unpaired) electrons. The number of hydrogen-bond acceptors (Lipinski definition) is 4. The van der Waals surface area contributed by atoms with E-state index in [1.807, 2.05) is 0 Å². The summed E-state index contributed by atoms with van der Waals surface area (Å²) in [6.07, 6.45) is 4.51. The highest BCUT2D eigenvalue weighted by molar-refractivity contribution is 7.87. The van der Waals surface area contributed by atoms with Gasteiger partial charge >= 0.3 is 5.97 Å². The Morgan fingerprint density at radius 3 is 2.76 bits per heavy atom. The van der Waals surface area contributed by atoms with Crippen LogP contribution in [0, 0.1) is 5.92 Å². The standard InChI is InChI=1S/C12H20N4O4S/c1-9-2-4-16(5-3-9)21(19,20)15-11(12(17)18)6-10-7-13-8-14-10/h7-9,11,15H,2-6H2,1H3,(H,13,14)(H,17,18)/t11-/m1/s1. The van der Waals surface area contributed by atoms with Crippen molar-refractivity contribution in [2.24, 2.45) is 5.92 Å². The minimum atomic E-state index is -3.79. The first kappa shape index (κ1) is 15.9. The topological polar surface area (TPSA) is 115 Å². The number of nitrogens with zero attached hydrogens (tertiary/aromatic N) is 2. The average Bonchev–Trinajstić information content (AvgIpc) is 2.91. The fourth-order valence-electron chi connectivity index (χ4n) is 2.28. The van der Waals surface area contributed by atoms with Crippen LogP contribution in [0.3, 0.4) is 0 Å². The number of aromatic nitrogens is 2. The molecule has 1 atom stereocenters. The molecule has 3 N–H and O–H groups in total. The van der Waals surface area contributed by atoms with Gasteiger partial charge in [-0.1, -0.05) is 6.92 Å². The van der Waals surface area contributed by atoms with Gasteiger partial charge in [0.05, 0.1) is 6.33 Å². The van der Waals surface area contributed by atoms with E-state index in [9.17, 15) is 18.3 Å². The summed E-state index contributed by atoms with van der Waals surface area (Å²) in [5.74, 6) is -0.713. The van der Waals surface area contributed by atoms with Crippen LogP contribution < -0.4 is 4.72 Å². The molecule has 0 saturated carbocycles. The molecule has 1 saturated heterocycles. The molecule has 1 aromatic rings. The van der Waals surface area contributed by atoms with Crippen molar-refractivity contribution in [3.05, 3.63) is 18.2 Å². The maximum absolute atomic E-state index is 12.3. The molecule has 9 heteroatoms. The maximum atomic E-state index is 12.3. The van der Waals surface area contributed by atoms with Crippen LogP contribution in [0.1, 0.15) is 25.5 Å². The lowest BCUT2D eigenvalue weighted by molar-refractivity contribution is -0.139. The van der Waals surface area contributed by atoms with Crippen molar-refractivity contribution in [3.8, 4) is 0 Å². The van der Waals surface area contributed by atoms with Gasteiger partial charge < -0.3 is 10.1 Å². The number of hydrogen-bond donors (Lipinski definition) is 3. The summed E-state index contributed by atoms with van der Waals surface area (Å²) in [5, 5.41) is 9.20. The summed E-state index contributed by atoms with van der Waals surface area (Å²) >= 11 is 0. The quantitative estimate of drug-likeness (QED) is 0.682. The summed E-state index contributed by atoms with van der Waals surface area (Å²) < 4.78 is 28.1. The summed E-state index contributed by atoms with van der Waals surface area (Å²) in [6.45, 7) is 2.93. The Morgan fingerprint density at radius 1 is 1.57 bits per heavy atom. The van der Waals surface area contributed by atoms with E-state index in [1.54, 1.807) is 0 Å². The summed E-state index contributed by atoms with van der Waals surface area (Å²) in [5.41, 5.74) is 0.567. The molecule has 0 aliphatic carbocycles. The van der Waals surface area contributed by atoms with E-state index in [1.165, 1.54) is 16.8 Å². The first-order chi connectivity index (χ1) is 9.88. The van der Waals surface area contributed by atoms with E-state index in [0.29, 0.717) is 24.7 Å². The van der Waals surface area contributed by atoms with E-state index < -0.39 is 22.2 Å². The lowest BCUT2D eigenvalue weighted by Gasteiger charge is -2.30. The van der Waals surface area contributed by atoms with Crippen molar-refractivity contribution in [2.45, 2.75) is 32.2 Å². The Labute approximate surface area is 123 Å². The van der Waals surface area contributed by atoms with Crippen LogP contribution in [0.2, 0.25) is 0 Å². The Bertz CT molecular complexity index is 564. The molecule has 8 nitrogen and oxygen atoms in total. The second-order valence-electron chi connectivity index (χ2n) is 5.38. The molecule has 0 amide bonds. The van der Waals surface area contributed by atoms with Crippen molar-refractivity contribution in [3.63, 3.8) is 0 Å². The fourth-order valence-corrected chi connectivity index (χ4v) is 3.66. The molecule has 21 heavy (non-hydrogen) atoms. The van der Waals surface area contributed by atoms with Gasteiger partial charge in [-0.05, 0) is 18.8 Å². The van der Waals surface area contributed by atoms with Gasteiger partial charge in [-0.2, -0.15) is 17.4 Å². The molecular formula is C12H20N4O4S. The molecule has 2 heterocycles. The SMILES string of the molecule is CC1CCN(S(=O)(=O)N[C@H](Cc2cnc[nH]2)C(=O)O)CC1. The van der Waals surface area contributed by atoms with Gasteiger partial charge in [-0.25, -0.2) is 4.98 Å². The van der Waals surface area contributed by atoms with Crippen LogP contribution in [0.4, 0.5) is 0 Å². The van der Waals surface area contributed by atoms with Gasteiger partial charge in [0.2, 0.25) is 0 Å². The molecule has 0 unspecified atom stereocenters. The number of imidazole rings is 1. The van der Waals surface area contributed by atoms with Crippen molar-refractivity contribution in [1.82, 2.24) is 19.0 Å². The Hall–Kier alpha value is -1.45. The number of aromatic amines is 1. The number of rotatable bonds is 6. The minimum Gasteiger partial charge on any atom is -0.480 e. The van der Waals surface area contributed by atoms with Crippen molar-refractivity contribution >= 4 is 16.2 Å². The van der Waals surface area contributed by atoms with Gasteiger partial charge in [0.25, 0.3) is 10.2 Å². The van der Waals surface area contributed by atoms with Gasteiger partial charge in [0.15, 0.2) is 0 Å². The number of nitrogens with one attached hydrogen (secondary N) is 2. The largest absolute Gasteiger partial charge is 0.480 e. The van der Waals surface area contributed by atoms with E-state index in [0.717, 1.165) is 12.8 Å². The normalized spacial score (nSPS) is 19.5. The lowest BCUT2D eigenvalue weighted by Crippen LogP contribution is -2.51. The van der Waals surface area contributed by atoms with Crippen molar-refractivity contribution in [1.29, 1.82) is 0 Å². The monoisotopic (exact) mass is 316 g/mol. The third kappa shape index (κ3) is 4.26. The van der Waals surface area contributed by atoms with Gasteiger partial charge in [-0.15, -0.1) is 0 Å². The summed E-state index contributed by atoms with van der Waals surface area (Å²) in [6, 6.07) is -1.21. The number of piperidine rings is 1. The zero-order valence-corrected chi connectivity index (χ0v) is 12.6. The van der Waals surface area contributed by atoms with Crippen LogP contribution in [0.5, 0.6) is 0 Å². The highest BCUT2D eigenvalue weighted by atomic mass is 32.2. The van der Waals surface area contributed by atoms with Crippen LogP contribution in [-0.4, -0.2) is 52.9 Å². The summed E-state index contributed by atoms with van der Waals surface area (Å²) in [7, 11) is -3.79. The predicted molar refractivity (Wildman–Crippen MR) is 75.7 cm³/mol. The van der Waals surface area contributed by atoms with Gasteiger partial charge in [0, 0.05) is 31.4 Å². The molecule has 0 bridgehead atoms. The molecule has 2 rings (SSSR count). The van der Waals surface area contributed by atoms with Gasteiger partial charge in [-0.3, -0.25) is 4.79 Å². The zero-order chi connectivity index (χ0) is 15.5. The molecule has 0 spiro atoms. The molecule has 1 fully saturated rings. The van der Waals surface area contributed by atoms with Crippen LogP contribution >= 0.6 is 0 Å². The first-order valence-electron chi connectivity index (χ1n) is 6.86. The minimum absolute atomic E-state index is 0.0266. The van der Waals surface area contributed by atoms with Crippen LogP contribution in [0.15, 0.2) is 12.5 Å². The fraction of sp³-hybridized carbons (Fsp3) is 0.667.